The molecule has 0 aliphatic heterocycles. The SMILES string of the molecule is CCCCC(C)(C(=O)O)c1ccc(O)c(CN)c1. The molecule has 0 radical (unpaired) electrons. The second kappa shape index (κ2) is 5.87. The van der Waals surface area contributed by atoms with Gasteiger partial charge in [-0.25, -0.2) is 0 Å². The average molecular weight is 251 g/mol. The summed E-state index contributed by atoms with van der Waals surface area (Å²) in [5.74, 6) is -0.728. The highest BCUT2D eigenvalue weighted by Crippen LogP contribution is 2.32. The Labute approximate surface area is 107 Å². The molecule has 0 bridgehead atoms. The monoisotopic (exact) mass is 251 g/mol. The largest absolute Gasteiger partial charge is 0.508 e. The van der Waals surface area contributed by atoms with Crippen molar-refractivity contribution in [1.29, 1.82) is 0 Å². The molecule has 0 fully saturated rings. The summed E-state index contributed by atoms with van der Waals surface area (Å²) in [5.41, 5.74) is 5.88. The van der Waals surface area contributed by atoms with E-state index in [0.29, 0.717) is 17.5 Å². The Kier molecular flexibility index (Phi) is 4.73. The summed E-state index contributed by atoms with van der Waals surface area (Å²) < 4.78 is 0. The Morgan fingerprint density at radius 3 is 2.61 bits per heavy atom. The molecule has 1 rings (SSSR count). The van der Waals surface area contributed by atoms with E-state index in [1.165, 1.54) is 6.07 Å². The van der Waals surface area contributed by atoms with Gasteiger partial charge in [0.2, 0.25) is 0 Å². The van der Waals surface area contributed by atoms with Crippen LogP contribution < -0.4 is 5.73 Å². The van der Waals surface area contributed by atoms with Crippen molar-refractivity contribution in [2.45, 2.75) is 45.1 Å². The van der Waals surface area contributed by atoms with E-state index in [1.807, 2.05) is 6.92 Å². The number of aromatic hydroxyl groups is 1. The van der Waals surface area contributed by atoms with Gasteiger partial charge >= 0.3 is 5.97 Å². The highest BCUT2D eigenvalue weighted by molar-refractivity contribution is 5.81. The van der Waals surface area contributed by atoms with Crippen molar-refractivity contribution >= 4 is 5.97 Å². The Morgan fingerprint density at radius 1 is 1.44 bits per heavy atom. The molecule has 4 N–H and O–H groups in total. The summed E-state index contributed by atoms with van der Waals surface area (Å²) in [5, 5.41) is 19.0. The smallest absolute Gasteiger partial charge is 0.313 e. The lowest BCUT2D eigenvalue weighted by Crippen LogP contribution is -2.32. The van der Waals surface area contributed by atoms with Crippen molar-refractivity contribution in [3.8, 4) is 5.75 Å². The molecule has 18 heavy (non-hydrogen) atoms. The summed E-state index contributed by atoms with van der Waals surface area (Å²) in [4.78, 5) is 11.5. The van der Waals surface area contributed by atoms with Gasteiger partial charge < -0.3 is 15.9 Å². The fourth-order valence-corrected chi connectivity index (χ4v) is 2.00. The van der Waals surface area contributed by atoms with Crippen LogP contribution in [0.2, 0.25) is 0 Å². The Morgan fingerprint density at radius 2 is 2.11 bits per heavy atom. The molecule has 0 saturated heterocycles. The topological polar surface area (TPSA) is 83.5 Å². The lowest BCUT2D eigenvalue weighted by molar-refractivity contribution is -0.143. The molecule has 4 heteroatoms. The van der Waals surface area contributed by atoms with E-state index in [9.17, 15) is 15.0 Å². The van der Waals surface area contributed by atoms with Crippen LogP contribution in [0.25, 0.3) is 0 Å². The second-order valence-electron chi connectivity index (χ2n) is 4.79. The number of carbonyl (C=O) groups is 1. The first-order valence-corrected chi connectivity index (χ1v) is 6.21. The number of nitrogens with two attached hydrogens (primary N) is 1. The fourth-order valence-electron chi connectivity index (χ4n) is 2.00. The lowest BCUT2D eigenvalue weighted by atomic mass is 9.77. The van der Waals surface area contributed by atoms with Crippen molar-refractivity contribution in [3.05, 3.63) is 29.3 Å². The summed E-state index contributed by atoms with van der Waals surface area (Å²) in [6.07, 6.45) is 2.37. The van der Waals surface area contributed by atoms with Crippen molar-refractivity contribution < 1.29 is 15.0 Å². The van der Waals surface area contributed by atoms with Gasteiger partial charge in [0.25, 0.3) is 0 Å². The molecule has 0 amide bonds. The molecule has 0 aliphatic rings. The number of phenols is 1. The molecule has 0 heterocycles. The minimum absolute atomic E-state index is 0.115. The average Bonchev–Trinajstić information content (AvgIpc) is 2.36. The third-order valence-electron chi connectivity index (χ3n) is 3.44. The Bertz CT molecular complexity index is 431. The number of carboxylic acid groups (broad SMARTS) is 1. The summed E-state index contributed by atoms with van der Waals surface area (Å²) in [7, 11) is 0. The number of carboxylic acids is 1. The standard InChI is InChI=1S/C14H21NO3/c1-3-4-7-14(2,13(17)18)11-5-6-12(16)10(8-11)9-15/h5-6,8,16H,3-4,7,9,15H2,1-2H3,(H,17,18). The molecule has 1 aromatic carbocycles. The number of hydrogen-bond donors (Lipinski definition) is 3. The predicted octanol–water partition coefficient (Wildman–Crippen LogP) is 2.38. The van der Waals surface area contributed by atoms with Crippen LogP contribution in [-0.4, -0.2) is 16.2 Å². The fraction of sp³-hybridized carbons (Fsp3) is 0.500. The highest BCUT2D eigenvalue weighted by atomic mass is 16.4. The first-order valence-electron chi connectivity index (χ1n) is 6.21. The maximum atomic E-state index is 11.5. The molecule has 1 unspecified atom stereocenters. The van der Waals surface area contributed by atoms with Crippen LogP contribution in [0.15, 0.2) is 18.2 Å². The third-order valence-corrected chi connectivity index (χ3v) is 3.44. The van der Waals surface area contributed by atoms with Gasteiger partial charge in [0.05, 0.1) is 5.41 Å². The van der Waals surface area contributed by atoms with E-state index in [2.05, 4.69) is 0 Å². The minimum Gasteiger partial charge on any atom is -0.508 e. The molecular weight excluding hydrogens is 230 g/mol. The van der Waals surface area contributed by atoms with Crippen molar-refractivity contribution in [2.24, 2.45) is 5.73 Å². The summed E-state index contributed by atoms with van der Waals surface area (Å²) in [6, 6.07) is 4.88. The normalized spacial score (nSPS) is 14.2. The van der Waals surface area contributed by atoms with E-state index in [-0.39, 0.29) is 12.3 Å². The van der Waals surface area contributed by atoms with Crippen LogP contribution in [0.4, 0.5) is 0 Å². The highest BCUT2D eigenvalue weighted by Gasteiger charge is 2.34. The number of rotatable bonds is 6. The zero-order valence-corrected chi connectivity index (χ0v) is 10.9. The van der Waals surface area contributed by atoms with Crippen molar-refractivity contribution in [3.63, 3.8) is 0 Å². The molecule has 0 spiro atoms. The van der Waals surface area contributed by atoms with E-state index < -0.39 is 11.4 Å². The van der Waals surface area contributed by atoms with Crippen LogP contribution in [0.1, 0.15) is 44.2 Å². The molecular formula is C14H21NO3. The summed E-state index contributed by atoms with van der Waals surface area (Å²) in [6.45, 7) is 3.95. The van der Waals surface area contributed by atoms with Gasteiger partial charge in [-0.1, -0.05) is 25.8 Å². The minimum atomic E-state index is -0.923. The van der Waals surface area contributed by atoms with Gasteiger partial charge in [0, 0.05) is 12.1 Å². The van der Waals surface area contributed by atoms with Gasteiger partial charge in [-0.05, 0) is 31.0 Å². The van der Waals surface area contributed by atoms with Crippen molar-refractivity contribution in [2.75, 3.05) is 0 Å². The Hall–Kier alpha value is -1.55. The van der Waals surface area contributed by atoms with E-state index >= 15 is 0 Å². The van der Waals surface area contributed by atoms with Crippen molar-refractivity contribution in [1.82, 2.24) is 0 Å². The Balaban J connectivity index is 3.17. The van der Waals surface area contributed by atoms with Crippen LogP contribution in [-0.2, 0) is 16.8 Å². The van der Waals surface area contributed by atoms with Gasteiger partial charge in [-0.15, -0.1) is 0 Å². The van der Waals surface area contributed by atoms with E-state index in [1.54, 1.807) is 19.1 Å². The van der Waals surface area contributed by atoms with Gasteiger partial charge in [-0.2, -0.15) is 0 Å². The van der Waals surface area contributed by atoms with E-state index in [0.717, 1.165) is 12.8 Å². The molecule has 0 saturated carbocycles. The van der Waals surface area contributed by atoms with Gasteiger partial charge in [0.1, 0.15) is 5.75 Å². The van der Waals surface area contributed by atoms with Crippen LogP contribution >= 0.6 is 0 Å². The number of aliphatic carboxylic acids is 1. The maximum Gasteiger partial charge on any atom is 0.313 e. The first-order chi connectivity index (χ1) is 8.45. The number of unbranched alkanes of at least 4 members (excludes halogenated alkanes) is 1. The molecule has 0 aliphatic carbocycles. The van der Waals surface area contributed by atoms with Crippen LogP contribution in [0.3, 0.4) is 0 Å². The third kappa shape index (κ3) is 2.82. The van der Waals surface area contributed by atoms with Gasteiger partial charge in [-0.3, -0.25) is 4.79 Å². The lowest BCUT2D eigenvalue weighted by Gasteiger charge is -2.26. The van der Waals surface area contributed by atoms with Gasteiger partial charge in [0.15, 0.2) is 0 Å². The maximum absolute atomic E-state index is 11.5. The number of hydrogen-bond acceptors (Lipinski definition) is 3. The summed E-state index contributed by atoms with van der Waals surface area (Å²) >= 11 is 0. The van der Waals surface area contributed by atoms with Crippen LogP contribution in [0.5, 0.6) is 5.75 Å². The second-order valence-corrected chi connectivity index (χ2v) is 4.79. The van der Waals surface area contributed by atoms with E-state index in [4.69, 9.17) is 5.73 Å². The molecule has 4 nitrogen and oxygen atoms in total. The number of phenolic OH excluding ortho intramolecular Hbond substituents is 1. The molecule has 100 valence electrons. The van der Waals surface area contributed by atoms with Crippen LogP contribution in [0, 0.1) is 0 Å². The zero-order chi connectivity index (χ0) is 13.8. The molecule has 0 aromatic heterocycles. The predicted molar refractivity (Wildman–Crippen MR) is 70.5 cm³/mol. The number of benzene rings is 1. The zero-order valence-electron chi connectivity index (χ0n) is 10.9. The quantitative estimate of drug-likeness (QED) is 0.724. The first kappa shape index (κ1) is 14.5. The molecule has 1 aromatic rings. The molecule has 1 atom stereocenters.